The summed E-state index contributed by atoms with van der Waals surface area (Å²) in [7, 11) is 1.85. The van der Waals surface area contributed by atoms with E-state index < -0.39 is 0 Å². The van der Waals surface area contributed by atoms with Gasteiger partial charge in [0.1, 0.15) is 0 Å². The normalized spacial score (nSPS) is 12.4. The fourth-order valence-electron chi connectivity index (χ4n) is 1.89. The van der Waals surface area contributed by atoms with Gasteiger partial charge in [-0.1, -0.05) is 6.07 Å². The predicted octanol–water partition coefficient (Wildman–Crippen LogP) is 3.49. The number of halogens is 1. The highest BCUT2D eigenvalue weighted by atomic mass is 32.1. The van der Waals surface area contributed by atoms with Gasteiger partial charge in [0.05, 0.1) is 17.8 Å². The molecule has 0 radical (unpaired) electrons. The zero-order valence-corrected chi connectivity index (χ0v) is 12.8. The molecule has 20 heavy (non-hydrogen) atoms. The van der Waals surface area contributed by atoms with Gasteiger partial charge in [0.2, 0.25) is 0 Å². The molecule has 1 N–H and O–H groups in total. The van der Waals surface area contributed by atoms with Gasteiger partial charge in [-0.2, -0.15) is 0 Å². The van der Waals surface area contributed by atoms with Gasteiger partial charge in [-0.25, -0.2) is 9.37 Å². The Labute approximate surface area is 122 Å². The van der Waals surface area contributed by atoms with Gasteiger partial charge in [-0.3, -0.25) is 0 Å². The minimum Gasteiger partial charge on any atom is -0.490 e. The van der Waals surface area contributed by atoms with Crippen LogP contribution in [0.4, 0.5) is 4.39 Å². The van der Waals surface area contributed by atoms with E-state index in [0.29, 0.717) is 12.4 Å². The van der Waals surface area contributed by atoms with Gasteiger partial charge >= 0.3 is 0 Å². The summed E-state index contributed by atoms with van der Waals surface area (Å²) >= 11 is 1.61. The van der Waals surface area contributed by atoms with Crippen LogP contribution in [-0.4, -0.2) is 18.6 Å². The van der Waals surface area contributed by atoms with Crippen molar-refractivity contribution in [1.29, 1.82) is 0 Å². The van der Waals surface area contributed by atoms with Crippen molar-refractivity contribution in [2.24, 2.45) is 0 Å². The third kappa shape index (κ3) is 3.55. The Kier molecular flexibility index (Phi) is 5.09. The summed E-state index contributed by atoms with van der Waals surface area (Å²) in [6.07, 6.45) is 0.755. The molecular formula is C15H19FN2OS. The molecule has 5 heteroatoms. The van der Waals surface area contributed by atoms with E-state index >= 15 is 0 Å². The van der Waals surface area contributed by atoms with Crippen LogP contribution in [0, 0.1) is 12.7 Å². The molecule has 0 saturated carbocycles. The monoisotopic (exact) mass is 294 g/mol. The average Bonchev–Trinajstić information content (AvgIpc) is 2.85. The molecule has 0 fully saturated rings. The number of nitrogens with zero attached hydrogens (tertiary/aromatic N) is 1. The molecule has 2 aromatic rings. The minimum absolute atomic E-state index is 0.124. The van der Waals surface area contributed by atoms with Crippen LogP contribution < -0.4 is 10.1 Å². The number of hydrogen-bond donors (Lipinski definition) is 1. The number of aryl methyl sites for hydroxylation is 1. The Balaban J connectivity index is 1.95. The molecule has 3 nitrogen and oxygen atoms in total. The summed E-state index contributed by atoms with van der Waals surface area (Å²) in [5, 5.41) is 3.08. The largest absolute Gasteiger partial charge is 0.490 e. The molecule has 1 unspecified atom stereocenters. The summed E-state index contributed by atoms with van der Waals surface area (Å²) in [6, 6.07) is 5.22. The van der Waals surface area contributed by atoms with Crippen molar-refractivity contribution < 1.29 is 9.13 Å². The van der Waals surface area contributed by atoms with Crippen molar-refractivity contribution in [3.05, 3.63) is 45.7 Å². The Hall–Kier alpha value is -1.46. The van der Waals surface area contributed by atoms with Crippen LogP contribution in [0.15, 0.2) is 23.7 Å². The molecule has 0 aliphatic carbocycles. The molecule has 0 amide bonds. The first-order chi connectivity index (χ1) is 9.61. The molecule has 108 valence electrons. The van der Waals surface area contributed by atoms with Crippen molar-refractivity contribution in [3.8, 4) is 5.75 Å². The van der Waals surface area contributed by atoms with Gasteiger partial charge < -0.3 is 10.1 Å². The maximum Gasteiger partial charge on any atom is 0.165 e. The second-order valence-electron chi connectivity index (χ2n) is 4.66. The first-order valence-electron chi connectivity index (χ1n) is 6.60. The number of rotatable bonds is 6. The van der Waals surface area contributed by atoms with Crippen LogP contribution in [0.25, 0.3) is 0 Å². The Morgan fingerprint density at radius 3 is 2.85 bits per heavy atom. The molecule has 1 aromatic carbocycles. The minimum atomic E-state index is -0.314. The lowest BCUT2D eigenvalue weighted by molar-refractivity contribution is 0.305. The lowest BCUT2D eigenvalue weighted by atomic mass is 10.1. The summed E-state index contributed by atoms with van der Waals surface area (Å²) in [5.41, 5.74) is 3.76. The highest BCUT2D eigenvalue weighted by Gasteiger charge is 2.09. The van der Waals surface area contributed by atoms with Gasteiger partial charge in [0.25, 0.3) is 0 Å². The number of thiazole rings is 1. The SMILES string of the molecule is CNC(C)c1ccc(OCCc2scnc2C)c(F)c1. The Bertz CT molecular complexity index is 571. The standard InChI is InChI=1S/C15H19FN2OS/c1-10(17-3)12-4-5-14(13(16)8-12)19-7-6-15-11(2)18-9-20-15/h4-5,8-10,17H,6-7H2,1-3H3. The van der Waals surface area contributed by atoms with Crippen LogP contribution in [0.2, 0.25) is 0 Å². The first-order valence-corrected chi connectivity index (χ1v) is 7.48. The highest BCUT2D eigenvalue weighted by molar-refractivity contribution is 7.09. The molecule has 0 aliphatic heterocycles. The topological polar surface area (TPSA) is 34.1 Å². The van der Waals surface area contributed by atoms with E-state index in [2.05, 4.69) is 10.3 Å². The summed E-state index contributed by atoms with van der Waals surface area (Å²) < 4.78 is 19.4. The third-order valence-corrected chi connectivity index (χ3v) is 4.32. The third-order valence-electron chi connectivity index (χ3n) is 3.32. The van der Waals surface area contributed by atoms with E-state index in [0.717, 1.165) is 17.7 Å². The summed E-state index contributed by atoms with van der Waals surface area (Å²) in [5.74, 6) is -0.00940. The fraction of sp³-hybridized carbons (Fsp3) is 0.400. The van der Waals surface area contributed by atoms with Crippen LogP contribution in [0.5, 0.6) is 5.75 Å². The van der Waals surface area contributed by atoms with E-state index in [1.807, 2.05) is 32.5 Å². The number of aromatic nitrogens is 1. The molecular weight excluding hydrogens is 275 g/mol. The van der Waals surface area contributed by atoms with E-state index in [1.165, 1.54) is 10.9 Å². The lowest BCUT2D eigenvalue weighted by Gasteiger charge is -2.12. The second kappa shape index (κ2) is 6.81. The Morgan fingerprint density at radius 2 is 2.25 bits per heavy atom. The van der Waals surface area contributed by atoms with Crippen molar-refractivity contribution >= 4 is 11.3 Å². The van der Waals surface area contributed by atoms with Gasteiger partial charge in [0.15, 0.2) is 11.6 Å². The van der Waals surface area contributed by atoms with Gasteiger partial charge in [-0.05, 0) is 38.6 Å². The molecule has 1 atom stereocenters. The number of ether oxygens (including phenoxy) is 1. The quantitative estimate of drug-likeness (QED) is 0.885. The van der Waals surface area contributed by atoms with Gasteiger partial charge in [0, 0.05) is 17.3 Å². The lowest BCUT2D eigenvalue weighted by Crippen LogP contribution is -2.12. The predicted molar refractivity (Wildman–Crippen MR) is 79.9 cm³/mol. The number of nitrogens with one attached hydrogen (secondary N) is 1. The molecule has 2 rings (SSSR count). The van der Waals surface area contributed by atoms with E-state index in [1.54, 1.807) is 17.4 Å². The van der Waals surface area contributed by atoms with Crippen LogP contribution in [0.1, 0.15) is 29.1 Å². The average molecular weight is 294 g/mol. The van der Waals surface area contributed by atoms with Crippen molar-refractivity contribution in [1.82, 2.24) is 10.3 Å². The maximum atomic E-state index is 13.9. The first kappa shape index (κ1) is 14.9. The molecule has 0 spiro atoms. The smallest absolute Gasteiger partial charge is 0.165 e. The zero-order chi connectivity index (χ0) is 14.5. The fourth-order valence-corrected chi connectivity index (χ4v) is 2.65. The summed E-state index contributed by atoms with van der Waals surface area (Å²) in [6.45, 7) is 4.42. The van der Waals surface area contributed by atoms with Crippen molar-refractivity contribution in [2.75, 3.05) is 13.7 Å². The van der Waals surface area contributed by atoms with Crippen LogP contribution >= 0.6 is 11.3 Å². The van der Waals surface area contributed by atoms with Crippen molar-refractivity contribution in [2.45, 2.75) is 26.3 Å². The molecule has 1 aromatic heterocycles. The molecule has 1 heterocycles. The van der Waals surface area contributed by atoms with E-state index in [-0.39, 0.29) is 11.9 Å². The second-order valence-corrected chi connectivity index (χ2v) is 5.60. The zero-order valence-electron chi connectivity index (χ0n) is 11.9. The van der Waals surface area contributed by atoms with E-state index in [4.69, 9.17) is 4.74 Å². The summed E-state index contributed by atoms with van der Waals surface area (Å²) in [4.78, 5) is 5.37. The van der Waals surface area contributed by atoms with Crippen molar-refractivity contribution in [3.63, 3.8) is 0 Å². The van der Waals surface area contributed by atoms with Crippen LogP contribution in [-0.2, 0) is 6.42 Å². The van der Waals surface area contributed by atoms with E-state index in [9.17, 15) is 4.39 Å². The Morgan fingerprint density at radius 1 is 1.45 bits per heavy atom. The van der Waals surface area contributed by atoms with Gasteiger partial charge in [-0.15, -0.1) is 11.3 Å². The molecule has 0 aliphatic rings. The number of hydrogen-bond acceptors (Lipinski definition) is 4. The maximum absolute atomic E-state index is 13.9. The molecule has 0 bridgehead atoms. The molecule has 0 saturated heterocycles. The van der Waals surface area contributed by atoms with Crippen LogP contribution in [0.3, 0.4) is 0 Å². The number of benzene rings is 1. The highest BCUT2D eigenvalue weighted by Crippen LogP contribution is 2.22.